The molecule has 0 fully saturated rings. The maximum absolute atomic E-state index is 12.1. The Kier molecular flexibility index (Phi) is 5.34. The average Bonchev–Trinajstić information content (AvgIpc) is 3.32. The molecular weight excluding hydrogens is 434 g/mol. The first-order chi connectivity index (χ1) is 16.0. The number of rotatable bonds is 5. The minimum Gasteiger partial charge on any atom is -0.282 e. The van der Waals surface area contributed by atoms with Crippen LogP contribution >= 0.6 is 0 Å². The average molecular weight is 454 g/mol. The molecular formula is C26H19N3O3S. The van der Waals surface area contributed by atoms with E-state index in [1.807, 2.05) is 72.8 Å². The summed E-state index contributed by atoms with van der Waals surface area (Å²) in [7, 11) is -4.45. The molecule has 0 saturated heterocycles. The van der Waals surface area contributed by atoms with Gasteiger partial charge < -0.3 is 0 Å². The zero-order chi connectivity index (χ0) is 22.8. The zero-order valence-corrected chi connectivity index (χ0v) is 18.2. The smallest absolute Gasteiger partial charge is 0.282 e. The highest BCUT2D eigenvalue weighted by atomic mass is 32.2. The summed E-state index contributed by atoms with van der Waals surface area (Å²) in [5.74, 6) is 0. The summed E-state index contributed by atoms with van der Waals surface area (Å²) in [4.78, 5) is 1.33. The van der Waals surface area contributed by atoms with Crippen LogP contribution in [-0.2, 0) is 10.1 Å². The molecule has 0 saturated carbocycles. The van der Waals surface area contributed by atoms with E-state index in [-0.39, 0.29) is 4.90 Å². The van der Waals surface area contributed by atoms with Crippen LogP contribution < -0.4 is 0 Å². The largest absolute Gasteiger partial charge is 0.295 e. The third-order valence-corrected chi connectivity index (χ3v) is 6.23. The van der Waals surface area contributed by atoms with Gasteiger partial charge in [-0.1, -0.05) is 91.0 Å². The van der Waals surface area contributed by atoms with Gasteiger partial charge in [0.25, 0.3) is 10.1 Å². The summed E-state index contributed by atoms with van der Waals surface area (Å²) in [5, 5.41) is 11.0. The molecule has 0 spiro atoms. The lowest BCUT2D eigenvalue weighted by atomic mass is 10.1. The number of hydrogen-bond acceptors (Lipinski definition) is 4. The van der Waals surface area contributed by atoms with Crippen LogP contribution in [0.5, 0.6) is 0 Å². The highest BCUT2D eigenvalue weighted by Crippen LogP contribution is 2.27. The number of benzene rings is 4. The molecule has 0 aliphatic rings. The van der Waals surface area contributed by atoms with Gasteiger partial charge in [0.2, 0.25) is 0 Å². The van der Waals surface area contributed by atoms with E-state index in [2.05, 4.69) is 10.2 Å². The van der Waals surface area contributed by atoms with E-state index in [1.54, 1.807) is 30.5 Å². The highest BCUT2D eigenvalue weighted by Gasteiger charge is 2.17. The van der Waals surface area contributed by atoms with Crippen molar-refractivity contribution in [3.05, 3.63) is 108 Å². The van der Waals surface area contributed by atoms with Crippen LogP contribution in [0.1, 0.15) is 11.1 Å². The fourth-order valence-electron chi connectivity index (χ4n) is 3.70. The fourth-order valence-corrected chi connectivity index (χ4v) is 4.41. The van der Waals surface area contributed by atoms with Crippen molar-refractivity contribution in [2.45, 2.75) is 4.90 Å². The molecule has 1 N–H and O–H groups in total. The lowest BCUT2D eigenvalue weighted by molar-refractivity contribution is 0.483. The Morgan fingerprint density at radius 2 is 1.58 bits per heavy atom. The molecule has 162 valence electrons. The van der Waals surface area contributed by atoms with Crippen LogP contribution in [0.3, 0.4) is 0 Å². The van der Waals surface area contributed by atoms with E-state index >= 15 is 0 Å². The van der Waals surface area contributed by atoms with Gasteiger partial charge in [0.1, 0.15) is 10.6 Å². The van der Waals surface area contributed by atoms with Gasteiger partial charge >= 0.3 is 0 Å². The molecule has 0 unspecified atom stereocenters. The van der Waals surface area contributed by atoms with Crippen LogP contribution in [0.2, 0.25) is 0 Å². The molecule has 7 heteroatoms. The second kappa shape index (κ2) is 8.46. The van der Waals surface area contributed by atoms with Crippen LogP contribution in [0, 0.1) is 0 Å². The van der Waals surface area contributed by atoms with Gasteiger partial charge in [0, 0.05) is 10.9 Å². The minimum absolute atomic E-state index is 0.188. The quantitative estimate of drug-likeness (QED) is 0.280. The number of aromatic nitrogens is 3. The van der Waals surface area contributed by atoms with Crippen LogP contribution in [0.4, 0.5) is 0 Å². The van der Waals surface area contributed by atoms with Gasteiger partial charge in [-0.3, -0.25) is 4.55 Å². The first-order valence-corrected chi connectivity index (χ1v) is 11.7. The third kappa shape index (κ3) is 4.32. The first-order valence-electron chi connectivity index (χ1n) is 10.2. The lowest BCUT2D eigenvalue weighted by Crippen LogP contribution is -2.02. The van der Waals surface area contributed by atoms with Crippen molar-refractivity contribution in [2.75, 3.05) is 0 Å². The minimum atomic E-state index is -4.45. The van der Waals surface area contributed by atoms with Gasteiger partial charge in [-0.15, -0.1) is 5.10 Å². The summed E-state index contributed by atoms with van der Waals surface area (Å²) >= 11 is 0. The molecule has 0 amide bonds. The van der Waals surface area contributed by atoms with Crippen molar-refractivity contribution in [3.8, 4) is 16.9 Å². The van der Waals surface area contributed by atoms with Crippen molar-refractivity contribution in [2.24, 2.45) is 0 Å². The van der Waals surface area contributed by atoms with Gasteiger partial charge in [0.05, 0.1) is 11.9 Å². The SMILES string of the molecule is O=S(=O)(O)c1cc(-c2cnn(-c3cccc4ccccc34)n2)ccc1C=Cc1ccccc1. The van der Waals surface area contributed by atoms with Crippen molar-refractivity contribution >= 4 is 33.0 Å². The lowest BCUT2D eigenvalue weighted by Gasteiger charge is -2.06. The Labute approximate surface area is 191 Å². The molecule has 1 heterocycles. The molecule has 6 nitrogen and oxygen atoms in total. The molecule has 5 aromatic rings. The Balaban J connectivity index is 1.54. The van der Waals surface area contributed by atoms with Gasteiger partial charge in [0.15, 0.2) is 0 Å². The van der Waals surface area contributed by atoms with E-state index < -0.39 is 10.1 Å². The van der Waals surface area contributed by atoms with E-state index in [1.165, 1.54) is 10.9 Å². The maximum atomic E-state index is 12.1. The Hall–Kier alpha value is -4.07. The summed E-state index contributed by atoms with van der Waals surface area (Å²) in [6.45, 7) is 0. The van der Waals surface area contributed by atoms with Crippen LogP contribution in [0.25, 0.3) is 39.9 Å². The Morgan fingerprint density at radius 3 is 2.39 bits per heavy atom. The van der Waals surface area contributed by atoms with E-state index in [0.717, 1.165) is 22.0 Å². The molecule has 0 atom stereocenters. The van der Waals surface area contributed by atoms with E-state index in [0.29, 0.717) is 16.8 Å². The molecule has 1 aromatic heterocycles. The molecule has 33 heavy (non-hydrogen) atoms. The molecule has 5 rings (SSSR count). The Bertz CT molecular complexity index is 1580. The maximum Gasteiger partial charge on any atom is 0.295 e. The predicted octanol–water partition coefficient (Wildman–Crippen LogP) is 5.50. The van der Waals surface area contributed by atoms with Crippen molar-refractivity contribution in [3.63, 3.8) is 0 Å². The Morgan fingerprint density at radius 1 is 0.818 bits per heavy atom. The monoisotopic (exact) mass is 453 g/mol. The van der Waals surface area contributed by atoms with Gasteiger partial charge in [-0.05, 0) is 28.6 Å². The first kappa shape index (κ1) is 20.8. The van der Waals surface area contributed by atoms with Crippen LogP contribution in [-0.4, -0.2) is 28.0 Å². The zero-order valence-electron chi connectivity index (χ0n) is 17.4. The second-order valence-corrected chi connectivity index (χ2v) is 8.88. The van der Waals surface area contributed by atoms with Crippen LogP contribution in [0.15, 0.2) is 102 Å². The predicted molar refractivity (Wildman–Crippen MR) is 129 cm³/mol. The van der Waals surface area contributed by atoms with Gasteiger partial charge in [-0.25, -0.2) is 0 Å². The number of hydrogen-bond donors (Lipinski definition) is 1. The summed E-state index contributed by atoms with van der Waals surface area (Å²) in [6, 6.07) is 28.1. The second-order valence-electron chi connectivity index (χ2n) is 7.49. The molecule has 0 aliphatic heterocycles. The van der Waals surface area contributed by atoms with Crippen molar-refractivity contribution in [1.29, 1.82) is 0 Å². The molecule has 0 radical (unpaired) electrons. The molecule has 0 aliphatic carbocycles. The third-order valence-electron chi connectivity index (χ3n) is 5.32. The van der Waals surface area contributed by atoms with Gasteiger partial charge in [-0.2, -0.15) is 18.3 Å². The summed E-state index contributed by atoms with van der Waals surface area (Å²) in [5.41, 5.74) is 3.14. The standard InChI is InChI=1S/C26H19N3O3S/c30-33(31,32)26-17-22(16-15-21(26)14-13-19-7-2-1-3-8-19)24-18-27-29(28-24)25-12-6-10-20-9-4-5-11-23(20)25/h1-18H,(H,30,31,32). The summed E-state index contributed by atoms with van der Waals surface area (Å²) in [6.07, 6.45) is 5.03. The molecule has 0 bridgehead atoms. The van der Waals surface area contributed by atoms with E-state index in [9.17, 15) is 13.0 Å². The van der Waals surface area contributed by atoms with Crippen molar-refractivity contribution in [1.82, 2.24) is 15.0 Å². The molecule has 4 aromatic carbocycles. The summed E-state index contributed by atoms with van der Waals surface area (Å²) < 4.78 is 34.0. The topological polar surface area (TPSA) is 85.1 Å². The normalized spacial score (nSPS) is 11.9. The number of nitrogens with zero attached hydrogens (tertiary/aromatic N) is 3. The number of fused-ring (bicyclic) bond motifs is 1. The van der Waals surface area contributed by atoms with Crippen molar-refractivity contribution < 1.29 is 13.0 Å². The fraction of sp³-hybridized carbons (Fsp3) is 0. The highest BCUT2D eigenvalue weighted by molar-refractivity contribution is 7.86. The van der Waals surface area contributed by atoms with E-state index in [4.69, 9.17) is 0 Å².